The Morgan fingerprint density at radius 3 is 2.54 bits per heavy atom. The molecule has 10 nitrogen and oxygen atoms in total. The van der Waals surface area contributed by atoms with Crippen LogP contribution in [0.1, 0.15) is 32.1 Å². The first-order chi connectivity index (χ1) is 12.3. The summed E-state index contributed by atoms with van der Waals surface area (Å²) >= 11 is 0. The van der Waals surface area contributed by atoms with Crippen molar-refractivity contribution in [3.63, 3.8) is 0 Å². The summed E-state index contributed by atoms with van der Waals surface area (Å²) < 4.78 is 26.6. The van der Waals surface area contributed by atoms with Gasteiger partial charge in [0, 0.05) is 25.2 Å². The lowest BCUT2D eigenvalue weighted by Gasteiger charge is -2.23. The van der Waals surface area contributed by atoms with Crippen LogP contribution in [0.4, 0.5) is 16.2 Å². The molecule has 0 radical (unpaired) electrons. The van der Waals surface area contributed by atoms with Crippen molar-refractivity contribution < 1.29 is 23.2 Å². The van der Waals surface area contributed by atoms with Gasteiger partial charge in [0.1, 0.15) is 5.69 Å². The Balaban J connectivity index is 2.13. The summed E-state index contributed by atoms with van der Waals surface area (Å²) in [6.07, 6.45) is 3.86. The van der Waals surface area contributed by atoms with Gasteiger partial charge in [-0.1, -0.05) is 19.3 Å². The van der Waals surface area contributed by atoms with E-state index in [0.717, 1.165) is 38.2 Å². The molecule has 1 aliphatic rings. The molecule has 26 heavy (non-hydrogen) atoms. The predicted octanol–water partition coefficient (Wildman–Crippen LogP) is 1.89. The number of anilines is 1. The number of nitrogens with zero attached hydrogens (tertiary/aromatic N) is 1. The van der Waals surface area contributed by atoms with Crippen molar-refractivity contribution in [3.05, 3.63) is 28.3 Å². The van der Waals surface area contributed by atoms with Gasteiger partial charge in [0.05, 0.1) is 9.82 Å². The standard InChI is InChI=1S/C15H22N4O6S/c20-15(21)16-8-9-17-26(24,25)12-6-7-13(14(10-12)19(22)23)18-11-4-2-1-3-5-11/h6-7,10-11,16-18H,1-5,8-9H2,(H,20,21). The molecule has 1 amide bonds. The molecule has 4 N–H and O–H groups in total. The fourth-order valence-electron chi connectivity index (χ4n) is 2.86. The Kier molecular flexibility index (Phi) is 6.75. The molecule has 1 aliphatic carbocycles. The number of carboxylic acid groups (broad SMARTS) is 1. The first kappa shape index (κ1) is 19.9. The summed E-state index contributed by atoms with van der Waals surface area (Å²) in [6, 6.07) is 3.85. The van der Waals surface area contributed by atoms with Gasteiger partial charge in [-0.2, -0.15) is 0 Å². The molecule has 0 bridgehead atoms. The minimum absolute atomic E-state index is 0.113. The van der Waals surface area contributed by atoms with Crippen molar-refractivity contribution in [2.75, 3.05) is 18.4 Å². The first-order valence-corrected chi connectivity index (χ1v) is 9.79. The highest BCUT2D eigenvalue weighted by molar-refractivity contribution is 7.89. The molecule has 1 fully saturated rings. The average molecular weight is 386 g/mol. The number of amides is 1. The largest absolute Gasteiger partial charge is 0.465 e. The number of nitro groups is 1. The molecule has 0 atom stereocenters. The number of nitrogens with one attached hydrogen (secondary N) is 3. The zero-order chi connectivity index (χ0) is 19.2. The normalized spacial score (nSPS) is 15.4. The summed E-state index contributed by atoms with van der Waals surface area (Å²) in [5.74, 6) is 0. The third kappa shape index (κ3) is 5.56. The van der Waals surface area contributed by atoms with E-state index < -0.39 is 21.0 Å². The van der Waals surface area contributed by atoms with E-state index in [4.69, 9.17) is 5.11 Å². The molecule has 0 aliphatic heterocycles. The summed E-state index contributed by atoms with van der Waals surface area (Å²) in [5, 5.41) is 25.0. The van der Waals surface area contributed by atoms with Crippen molar-refractivity contribution in [1.29, 1.82) is 0 Å². The molecule has 1 saturated carbocycles. The number of nitro benzene ring substituents is 1. The van der Waals surface area contributed by atoms with Crippen molar-refractivity contribution in [2.24, 2.45) is 0 Å². The lowest BCUT2D eigenvalue weighted by Crippen LogP contribution is -2.34. The Bertz CT molecular complexity index is 761. The Morgan fingerprint density at radius 1 is 1.23 bits per heavy atom. The number of hydrogen-bond donors (Lipinski definition) is 4. The second-order valence-corrected chi connectivity index (χ2v) is 7.81. The molecule has 0 aromatic heterocycles. The van der Waals surface area contributed by atoms with Crippen LogP contribution in [0.3, 0.4) is 0 Å². The maximum Gasteiger partial charge on any atom is 0.404 e. The Morgan fingerprint density at radius 2 is 1.92 bits per heavy atom. The van der Waals surface area contributed by atoms with E-state index in [2.05, 4.69) is 10.0 Å². The summed E-state index contributed by atoms with van der Waals surface area (Å²) in [7, 11) is -3.98. The average Bonchev–Trinajstić information content (AvgIpc) is 2.59. The van der Waals surface area contributed by atoms with Crippen LogP contribution < -0.4 is 15.4 Å². The minimum Gasteiger partial charge on any atom is -0.465 e. The van der Waals surface area contributed by atoms with Crippen molar-refractivity contribution >= 4 is 27.5 Å². The van der Waals surface area contributed by atoms with Gasteiger partial charge >= 0.3 is 6.09 Å². The van der Waals surface area contributed by atoms with Gasteiger partial charge in [-0.3, -0.25) is 10.1 Å². The second-order valence-electron chi connectivity index (χ2n) is 6.05. The molecular weight excluding hydrogens is 364 g/mol. The monoisotopic (exact) mass is 386 g/mol. The number of rotatable bonds is 8. The lowest BCUT2D eigenvalue weighted by molar-refractivity contribution is -0.384. The number of sulfonamides is 1. The maximum absolute atomic E-state index is 12.2. The van der Waals surface area contributed by atoms with Gasteiger partial charge in [-0.25, -0.2) is 17.9 Å². The van der Waals surface area contributed by atoms with E-state index >= 15 is 0 Å². The van der Waals surface area contributed by atoms with E-state index in [1.54, 1.807) is 0 Å². The summed E-state index contributed by atoms with van der Waals surface area (Å²) in [6.45, 7) is -0.275. The SMILES string of the molecule is O=C(O)NCCNS(=O)(=O)c1ccc(NC2CCCCC2)c([N+](=O)[O-])c1. The van der Waals surface area contributed by atoms with Crippen molar-refractivity contribution in [1.82, 2.24) is 10.0 Å². The second kappa shape index (κ2) is 8.81. The van der Waals surface area contributed by atoms with Crippen LogP contribution in [-0.4, -0.2) is 43.7 Å². The Hall–Kier alpha value is -2.40. The fourth-order valence-corrected chi connectivity index (χ4v) is 3.91. The highest BCUT2D eigenvalue weighted by Gasteiger charge is 2.23. The summed E-state index contributed by atoms with van der Waals surface area (Å²) in [4.78, 5) is 20.8. The molecule has 2 rings (SSSR count). The first-order valence-electron chi connectivity index (χ1n) is 8.31. The minimum atomic E-state index is -3.98. The van der Waals surface area contributed by atoms with E-state index in [1.807, 2.05) is 5.32 Å². The molecule has 11 heteroatoms. The number of hydrogen-bond acceptors (Lipinski definition) is 6. The highest BCUT2D eigenvalue weighted by Crippen LogP contribution is 2.30. The molecule has 1 aromatic carbocycles. The zero-order valence-corrected chi connectivity index (χ0v) is 14.9. The highest BCUT2D eigenvalue weighted by atomic mass is 32.2. The van der Waals surface area contributed by atoms with Crippen LogP contribution in [-0.2, 0) is 10.0 Å². The Labute approximate surface area is 151 Å². The molecule has 1 aromatic rings. The van der Waals surface area contributed by atoms with Crippen molar-refractivity contribution in [2.45, 2.75) is 43.0 Å². The molecule has 0 unspecified atom stereocenters. The molecule has 144 valence electrons. The van der Waals surface area contributed by atoms with Gasteiger partial charge in [0.25, 0.3) is 5.69 Å². The zero-order valence-electron chi connectivity index (χ0n) is 14.1. The van der Waals surface area contributed by atoms with Crippen LogP contribution in [0, 0.1) is 10.1 Å². The predicted molar refractivity (Wildman–Crippen MR) is 94.8 cm³/mol. The summed E-state index contributed by atoms with van der Waals surface area (Å²) in [5.41, 5.74) is -0.00416. The lowest BCUT2D eigenvalue weighted by atomic mass is 9.95. The van der Waals surface area contributed by atoms with Gasteiger partial charge < -0.3 is 15.7 Å². The molecule has 0 heterocycles. The van der Waals surface area contributed by atoms with Crippen LogP contribution in [0.15, 0.2) is 23.1 Å². The van der Waals surface area contributed by atoms with Crippen LogP contribution in [0.25, 0.3) is 0 Å². The smallest absolute Gasteiger partial charge is 0.404 e. The van der Waals surface area contributed by atoms with Crippen LogP contribution in [0.2, 0.25) is 0 Å². The van der Waals surface area contributed by atoms with E-state index in [9.17, 15) is 23.3 Å². The third-order valence-corrected chi connectivity index (χ3v) is 5.59. The third-order valence-electron chi connectivity index (χ3n) is 4.13. The molecule has 0 saturated heterocycles. The quantitative estimate of drug-likeness (QED) is 0.302. The van der Waals surface area contributed by atoms with Crippen LogP contribution in [0.5, 0.6) is 0 Å². The molecule has 0 spiro atoms. The number of benzene rings is 1. The number of carbonyl (C=O) groups is 1. The van der Waals surface area contributed by atoms with E-state index in [1.165, 1.54) is 12.1 Å². The van der Waals surface area contributed by atoms with Crippen molar-refractivity contribution in [3.8, 4) is 0 Å². The van der Waals surface area contributed by atoms with Gasteiger partial charge in [0.2, 0.25) is 10.0 Å². The maximum atomic E-state index is 12.2. The van der Waals surface area contributed by atoms with E-state index in [-0.39, 0.29) is 29.7 Å². The topological polar surface area (TPSA) is 151 Å². The van der Waals surface area contributed by atoms with Gasteiger partial charge in [0.15, 0.2) is 0 Å². The van der Waals surface area contributed by atoms with Gasteiger partial charge in [-0.15, -0.1) is 0 Å². The van der Waals surface area contributed by atoms with Crippen LogP contribution >= 0.6 is 0 Å². The van der Waals surface area contributed by atoms with Gasteiger partial charge in [-0.05, 0) is 25.0 Å². The molecular formula is C15H22N4O6S. The van der Waals surface area contributed by atoms with E-state index in [0.29, 0.717) is 5.69 Å². The fraction of sp³-hybridized carbons (Fsp3) is 0.533.